The molecule has 0 heterocycles. The smallest absolute Gasteiger partial charge is 0.119 e. The van der Waals surface area contributed by atoms with Crippen molar-refractivity contribution in [3.63, 3.8) is 0 Å². The standard InChI is InChI=1S/C13H23N3O.3ClH/c1-2-17-13-5-3-11(4-6-13)9-12(15)10-16-8-7-14;;;/h3-6,12,16H,2,7-10,14-15H2,1H3;3*1H/t12-;;;/m1.../s1. The van der Waals surface area contributed by atoms with Crippen molar-refractivity contribution in [2.45, 2.75) is 19.4 Å². The van der Waals surface area contributed by atoms with Crippen LogP contribution in [0.25, 0.3) is 0 Å². The van der Waals surface area contributed by atoms with E-state index in [9.17, 15) is 0 Å². The van der Waals surface area contributed by atoms with Crippen LogP contribution in [0.1, 0.15) is 12.5 Å². The van der Waals surface area contributed by atoms with Crippen molar-refractivity contribution in [2.75, 3.05) is 26.2 Å². The lowest BCUT2D eigenvalue weighted by atomic mass is 10.1. The van der Waals surface area contributed by atoms with Crippen molar-refractivity contribution >= 4 is 37.2 Å². The molecule has 7 heteroatoms. The highest BCUT2D eigenvalue weighted by atomic mass is 35.5. The largest absolute Gasteiger partial charge is 0.494 e. The van der Waals surface area contributed by atoms with Gasteiger partial charge < -0.3 is 21.5 Å². The van der Waals surface area contributed by atoms with Gasteiger partial charge in [-0.05, 0) is 31.0 Å². The molecule has 0 unspecified atom stereocenters. The number of ether oxygens (including phenoxy) is 1. The van der Waals surface area contributed by atoms with Crippen molar-refractivity contribution in [1.82, 2.24) is 5.32 Å². The van der Waals surface area contributed by atoms with Gasteiger partial charge in [-0.15, -0.1) is 37.2 Å². The van der Waals surface area contributed by atoms with E-state index in [4.69, 9.17) is 16.2 Å². The second-order valence-corrected chi connectivity index (χ2v) is 4.03. The molecule has 0 aliphatic carbocycles. The van der Waals surface area contributed by atoms with Crippen molar-refractivity contribution in [3.05, 3.63) is 29.8 Å². The lowest BCUT2D eigenvalue weighted by Gasteiger charge is -2.12. The van der Waals surface area contributed by atoms with E-state index in [1.807, 2.05) is 19.1 Å². The first-order valence-corrected chi connectivity index (χ1v) is 6.14. The Hall–Kier alpha value is -0.230. The molecule has 5 N–H and O–H groups in total. The average Bonchev–Trinajstić information content (AvgIpc) is 2.32. The molecule has 0 spiro atoms. The molecule has 0 saturated carbocycles. The Morgan fingerprint density at radius 1 is 1.15 bits per heavy atom. The zero-order valence-electron chi connectivity index (χ0n) is 11.7. The molecule has 1 aromatic carbocycles. The molecule has 0 radical (unpaired) electrons. The minimum absolute atomic E-state index is 0. The number of hydrogen-bond acceptors (Lipinski definition) is 4. The van der Waals surface area contributed by atoms with Crippen molar-refractivity contribution in [1.29, 1.82) is 0 Å². The number of hydrogen-bond donors (Lipinski definition) is 3. The van der Waals surface area contributed by atoms with Crippen LogP contribution in [0.3, 0.4) is 0 Å². The van der Waals surface area contributed by atoms with Gasteiger partial charge in [0.05, 0.1) is 6.61 Å². The molecule has 0 aromatic heterocycles. The predicted octanol–water partition coefficient (Wildman–Crippen LogP) is 1.77. The minimum atomic E-state index is 0. The first-order chi connectivity index (χ1) is 8.26. The van der Waals surface area contributed by atoms with Crippen LogP contribution in [-0.2, 0) is 6.42 Å². The molecule has 0 aliphatic rings. The maximum absolute atomic E-state index is 6.01. The van der Waals surface area contributed by atoms with Crippen LogP contribution in [-0.4, -0.2) is 32.3 Å². The summed E-state index contributed by atoms with van der Waals surface area (Å²) < 4.78 is 5.39. The topological polar surface area (TPSA) is 73.3 Å². The molecule has 0 aliphatic heterocycles. The predicted molar refractivity (Wildman–Crippen MR) is 93.0 cm³/mol. The van der Waals surface area contributed by atoms with Crippen LogP contribution in [0.4, 0.5) is 0 Å². The zero-order chi connectivity index (χ0) is 12.5. The highest BCUT2D eigenvalue weighted by molar-refractivity contribution is 5.86. The summed E-state index contributed by atoms with van der Waals surface area (Å²) in [7, 11) is 0. The van der Waals surface area contributed by atoms with Crippen LogP contribution in [0.5, 0.6) is 5.75 Å². The Balaban J connectivity index is -0.000000963. The van der Waals surface area contributed by atoms with Crippen molar-refractivity contribution < 1.29 is 4.74 Å². The minimum Gasteiger partial charge on any atom is -0.494 e. The third-order valence-electron chi connectivity index (χ3n) is 2.46. The Morgan fingerprint density at radius 3 is 2.25 bits per heavy atom. The van der Waals surface area contributed by atoms with Gasteiger partial charge in [-0.2, -0.15) is 0 Å². The van der Waals surface area contributed by atoms with Crippen LogP contribution >= 0.6 is 37.2 Å². The van der Waals surface area contributed by atoms with E-state index in [1.165, 1.54) is 5.56 Å². The number of benzene rings is 1. The summed E-state index contributed by atoms with van der Waals surface area (Å²) in [5.41, 5.74) is 12.6. The summed E-state index contributed by atoms with van der Waals surface area (Å²) in [6.45, 7) is 4.94. The van der Waals surface area contributed by atoms with E-state index >= 15 is 0 Å². The molecule has 4 nitrogen and oxygen atoms in total. The molecule has 0 fully saturated rings. The van der Waals surface area contributed by atoms with Crippen LogP contribution in [0, 0.1) is 0 Å². The Kier molecular flexibility index (Phi) is 18.8. The molecule has 0 amide bonds. The molecule has 1 rings (SSSR count). The number of halogens is 3. The Morgan fingerprint density at radius 2 is 1.75 bits per heavy atom. The van der Waals surface area contributed by atoms with Gasteiger partial charge in [0, 0.05) is 25.7 Å². The fourth-order valence-corrected chi connectivity index (χ4v) is 1.65. The van der Waals surface area contributed by atoms with E-state index in [0.29, 0.717) is 13.2 Å². The lowest BCUT2D eigenvalue weighted by Crippen LogP contribution is -2.37. The highest BCUT2D eigenvalue weighted by Crippen LogP contribution is 2.12. The number of nitrogens with two attached hydrogens (primary N) is 2. The van der Waals surface area contributed by atoms with Gasteiger partial charge in [0.1, 0.15) is 5.75 Å². The summed E-state index contributed by atoms with van der Waals surface area (Å²) in [4.78, 5) is 0. The summed E-state index contributed by atoms with van der Waals surface area (Å²) >= 11 is 0. The summed E-state index contributed by atoms with van der Waals surface area (Å²) in [6, 6.07) is 8.22. The maximum atomic E-state index is 6.01. The van der Waals surface area contributed by atoms with Gasteiger partial charge in [-0.3, -0.25) is 0 Å². The lowest BCUT2D eigenvalue weighted by molar-refractivity contribution is 0.340. The fraction of sp³-hybridized carbons (Fsp3) is 0.538. The van der Waals surface area contributed by atoms with Gasteiger partial charge in [0.15, 0.2) is 0 Å². The fourth-order valence-electron chi connectivity index (χ4n) is 1.65. The number of rotatable bonds is 8. The van der Waals surface area contributed by atoms with Gasteiger partial charge in [-0.1, -0.05) is 12.1 Å². The third-order valence-corrected chi connectivity index (χ3v) is 2.46. The first-order valence-electron chi connectivity index (χ1n) is 6.14. The molecule has 1 aromatic rings. The Labute approximate surface area is 140 Å². The molecule has 0 bridgehead atoms. The zero-order valence-corrected chi connectivity index (χ0v) is 14.2. The third kappa shape index (κ3) is 10.5. The number of nitrogens with one attached hydrogen (secondary N) is 1. The van der Waals surface area contributed by atoms with Crippen molar-refractivity contribution in [2.24, 2.45) is 11.5 Å². The SMILES string of the molecule is CCOc1ccc(C[C@@H](N)CNCCN)cc1.Cl.Cl.Cl. The van der Waals surface area contributed by atoms with Gasteiger partial charge in [0.2, 0.25) is 0 Å². The molecule has 1 atom stereocenters. The van der Waals surface area contributed by atoms with Gasteiger partial charge in [0.25, 0.3) is 0 Å². The van der Waals surface area contributed by atoms with Crippen molar-refractivity contribution in [3.8, 4) is 5.75 Å². The van der Waals surface area contributed by atoms with E-state index < -0.39 is 0 Å². The van der Waals surface area contributed by atoms with Crippen LogP contribution < -0.4 is 21.5 Å². The van der Waals surface area contributed by atoms with Gasteiger partial charge >= 0.3 is 0 Å². The first kappa shape index (κ1) is 24.8. The van der Waals surface area contributed by atoms with E-state index in [1.54, 1.807) is 0 Å². The summed E-state index contributed by atoms with van der Waals surface area (Å²) in [6.07, 6.45) is 0.865. The van der Waals surface area contributed by atoms with E-state index in [2.05, 4.69) is 17.4 Å². The summed E-state index contributed by atoms with van der Waals surface area (Å²) in [5, 5.41) is 3.21. The molecule has 120 valence electrons. The average molecular weight is 347 g/mol. The van der Waals surface area contributed by atoms with Gasteiger partial charge in [-0.25, -0.2) is 0 Å². The molecular formula is C13H26Cl3N3O. The second-order valence-electron chi connectivity index (χ2n) is 4.03. The molecule has 0 saturated heterocycles. The van der Waals surface area contributed by atoms with E-state index in [0.717, 1.165) is 25.3 Å². The maximum Gasteiger partial charge on any atom is 0.119 e. The monoisotopic (exact) mass is 345 g/mol. The van der Waals surface area contributed by atoms with E-state index in [-0.39, 0.29) is 43.3 Å². The van der Waals surface area contributed by atoms with Crippen LogP contribution in [0.15, 0.2) is 24.3 Å². The summed E-state index contributed by atoms with van der Waals surface area (Å²) in [5.74, 6) is 0.908. The quantitative estimate of drug-likeness (QED) is 0.627. The molecule has 20 heavy (non-hydrogen) atoms. The highest BCUT2D eigenvalue weighted by Gasteiger charge is 2.03. The molecular weight excluding hydrogens is 321 g/mol. The normalized spacial score (nSPS) is 10.6. The Bertz CT molecular complexity index is 312. The second kappa shape index (κ2) is 15.2. The van der Waals surface area contributed by atoms with Crippen LogP contribution in [0.2, 0.25) is 0 Å².